The van der Waals surface area contributed by atoms with Crippen molar-refractivity contribution in [2.45, 2.75) is 0 Å². The second-order valence-corrected chi connectivity index (χ2v) is 2.89. The molecule has 0 aliphatic carbocycles. The highest BCUT2D eigenvalue weighted by Gasteiger charge is 2.15. The third-order valence-corrected chi connectivity index (χ3v) is 1.90. The van der Waals surface area contributed by atoms with Gasteiger partial charge in [0.05, 0.1) is 6.26 Å². The number of hydrogen-bond acceptors (Lipinski definition) is 3. The van der Waals surface area contributed by atoms with Gasteiger partial charge in [0.25, 0.3) is 5.78 Å². The Balaban J connectivity index is 2.80. The number of carbonyl (C=O) groups is 1. The zero-order valence-electron chi connectivity index (χ0n) is 6.90. The Morgan fingerprint density at radius 1 is 1.58 bits per heavy atom. The van der Waals surface area contributed by atoms with Crippen molar-refractivity contribution < 1.29 is 9.21 Å². The molecule has 0 unspecified atom stereocenters. The highest BCUT2D eigenvalue weighted by molar-refractivity contribution is 7.82. The standard InChI is InChI=1S/C8H9NO2S/c1-9(2)8(12)7(10)6-4-3-5-11-6/h3-5H,1-2H3. The Morgan fingerprint density at radius 2 is 2.25 bits per heavy atom. The first-order chi connectivity index (χ1) is 5.63. The van der Waals surface area contributed by atoms with Gasteiger partial charge in [-0.15, -0.1) is 0 Å². The lowest BCUT2D eigenvalue weighted by Gasteiger charge is -2.10. The first-order valence-electron chi connectivity index (χ1n) is 3.42. The van der Waals surface area contributed by atoms with Crippen LogP contribution >= 0.6 is 12.2 Å². The topological polar surface area (TPSA) is 33.5 Å². The number of furan rings is 1. The molecule has 0 aliphatic heterocycles. The molecule has 12 heavy (non-hydrogen) atoms. The largest absolute Gasteiger partial charge is 0.461 e. The molecule has 0 aliphatic rings. The molecule has 0 bridgehead atoms. The lowest BCUT2D eigenvalue weighted by atomic mass is 10.3. The van der Waals surface area contributed by atoms with Gasteiger partial charge in [0.1, 0.15) is 0 Å². The number of carbonyl (C=O) groups excluding carboxylic acids is 1. The Bertz CT molecular complexity index is 290. The van der Waals surface area contributed by atoms with Crippen LogP contribution in [0.4, 0.5) is 0 Å². The van der Waals surface area contributed by atoms with Crippen LogP contribution in [0.25, 0.3) is 0 Å². The van der Waals surface area contributed by atoms with Gasteiger partial charge in [-0.1, -0.05) is 12.2 Å². The van der Waals surface area contributed by atoms with Crippen molar-refractivity contribution in [1.29, 1.82) is 0 Å². The molecule has 0 radical (unpaired) electrons. The van der Waals surface area contributed by atoms with Crippen molar-refractivity contribution in [2.24, 2.45) is 0 Å². The number of hydrogen-bond donors (Lipinski definition) is 0. The molecule has 0 saturated carbocycles. The van der Waals surface area contributed by atoms with Gasteiger partial charge in [0.15, 0.2) is 10.7 Å². The molecule has 3 nitrogen and oxygen atoms in total. The van der Waals surface area contributed by atoms with E-state index in [9.17, 15) is 4.79 Å². The van der Waals surface area contributed by atoms with Gasteiger partial charge in [-0.25, -0.2) is 0 Å². The van der Waals surface area contributed by atoms with Crippen LogP contribution in [0.1, 0.15) is 10.6 Å². The average molecular weight is 183 g/mol. The Labute approximate surface area is 76.0 Å². The van der Waals surface area contributed by atoms with Gasteiger partial charge in [-0.2, -0.15) is 0 Å². The molecular formula is C8H9NO2S. The van der Waals surface area contributed by atoms with E-state index in [4.69, 9.17) is 16.6 Å². The molecule has 0 spiro atoms. The number of rotatable bonds is 2. The number of thiocarbonyl (C=S) groups is 1. The summed E-state index contributed by atoms with van der Waals surface area (Å²) in [6, 6.07) is 3.25. The molecule has 0 atom stereocenters. The molecule has 64 valence electrons. The fourth-order valence-corrected chi connectivity index (χ4v) is 0.817. The molecule has 0 saturated heterocycles. The van der Waals surface area contributed by atoms with E-state index in [1.165, 1.54) is 6.26 Å². The molecule has 0 amide bonds. The summed E-state index contributed by atoms with van der Waals surface area (Å²) in [5, 5.41) is 0. The Hall–Kier alpha value is -1.16. The van der Waals surface area contributed by atoms with E-state index in [2.05, 4.69) is 0 Å². The molecule has 1 rings (SSSR count). The van der Waals surface area contributed by atoms with Crippen molar-refractivity contribution in [3.8, 4) is 0 Å². The predicted molar refractivity (Wildman–Crippen MR) is 49.3 cm³/mol. The van der Waals surface area contributed by atoms with E-state index in [1.807, 2.05) is 0 Å². The molecule has 4 heteroatoms. The van der Waals surface area contributed by atoms with Gasteiger partial charge >= 0.3 is 0 Å². The minimum Gasteiger partial charge on any atom is -0.461 e. The second-order valence-electron chi connectivity index (χ2n) is 2.51. The van der Waals surface area contributed by atoms with Crippen LogP contribution in [-0.2, 0) is 0 Å². The van der Waals surface area contributed by atoms with Crippen LogP contribution in [0.5, 0.6) is 0 Å². The molecular weight excluding hydrogens is 174 g/mol. The summed E-state index contributed by atoms with van der Waals surface area (Å²) in [5.74, 6) is 0.0358. The lowest BCUT2D eigenvalue weighted by Crippen LogP contribution is -2.27. The van der Waals surface area contributed by atoms with Crippen molar-refractivity contribution in [3.05, 3.63) is 24.2 Å². The summed E-state index contributed by atoms with van der Waals surface area (Å²) in [4.78, 5) is 13.2. The van der Waals surface area contributed by atoms with Crippen LogP contribution in [-0.4, -0.2) is 29.8 Å². The van der Waals surface area contributed by atoms with E-state index in [0.29, 0.717) is 0 Å². The minimum atomic E-state index is -0.250. The number of nitrogens with zero attached hydrogens (tertiary/aromatic N) is 1. The number of likely N-dealkylation sites (N-methyl/N-ethyl adjacent to an activating group) is 1. The van der Waals surface area contributed by atoms with E-state index in [0.717, 1.165) is 0 Å². The third-order valence-electron chi connectivity index (χ3n) is 1.35. The van der Waals surface area contributed by atoms with Crippen molar-refractivity contribution in [1.82, 2.24) is 4.90 Å². The Kier molecular flexibility index (Phi) is 2.60. The molecule has 1 heterocycles. The van der Waals surface area contributed by atoms with Crippen LogP contribution < -0.4 is 0 Å². The zero-order chi connectivity index (χ0) is 9.14. The fraction of sp³-hybridized carbons (Fsp3) is 0.250. The van der Waals surface area contributed by atoms with Crippen LogP contribution in [0.2, 0.25) is 0 Å². The molecule has 0 N–H and O–H groups in total. The number of Topliss-reactive ketones (excluding diaryl/α,β-unsaturated/α-hetero) is 1. The maximum Gasteiger partial charge on any atom is 0.255 e. The minimum absolute atomic E-state index is 0.250. The monoisotopic (exact) mass is 183 g/mol. The van der Waals surface area contributed by atoms with E-state index < -0.39 is 0 Å². The average Bonchev–Trinajstić information content (AvgIpc) is 2.53. The van der Waals surface area contributed by atoms with Gasteiger partial charge in [0, 0.05) is 14.1 Å². The van der Waals surface area contributed by atoms with Crippen LogP contribution in [0, 0.1) is 0 Å². The maximum atomic E-state index is 11.4. The van der Waals surface area contributed by atoms with E-state index in [-0.39, 0.29) is 16.5 Å². The van der Waals surface area contributed by atoms with Crippen LogP contribution in [0.3, 0.4) is 0 Å². The molecule has 1 aromatic heterocycles. The summed E-state index contributed by atoms with van der Waals surface area (Å²) in [7, 11) is 3.45. The molecule has 1 aromatic rings. The second kappa shape index (κ2) is 3.49. The molecule has 0 fully saturated rings. The van der Waals surface area contributed by atoms with Gasteiger partial charge < -0.3 is 9.32 Å². The Morgan fingerprint density at radius 3 is 2.67 bits per heavy atom. The summed E-state index contributed by atoms with van der Waals surface area (Å²) in [5.41, 5.74) is 0. The van der Waals surface area contributed by atoms with Crippen molar-refractivity contribution >= 4 is 23.0 Å². The lowest BCUT2D eigenvalue weighted by molar-refractivity contribution is 0.103. The third kappa shape index (κ3) is 1.71. The number of ketones is 1. The maximum absolute atomic E-state index is 11.4. The van der Waals surface area contributed by atoms with E-state index in [1.54, 1.807) is 31.1 Å². The molecule has 0 aromatic carbocycles. The fourth-order valence-electron chi connectivity index (χ4n) is 0.716. The van der Waals surface area contributed by atoms with Gasteiger partial charge in [-0.05, 0) is 12.1 Å². The summed E-state index contributed by atoms with van der Waals surface area (Å²) >= 11 is 4.86. The summed E-state index contributed by atoms with van der Waals surface area (Å²) in [6.45, 7) is 0. The highest BCUT2D eigenvalue weighted by Crippen LogP contribution is 2.03. The SMILES string of the molecule is CN(C)C(=S)C(=O)c1ccco1. The van der Waals surface area contributed by atoms with E-state index >= 15 is 0 Å². The first-order valence-corrected chi connectivity index (χ1v) is 3.83. The predicted octanol–water partition coefficient (Wildman–Crippen LogP) is 1.35. The van der Waals surface area contributed by atoms with Gasteiger partial charge in [0.2, 0.25) is 0 Å². The first kappa shape index (κ1) is 8.93. The summed E-state index contributed by atoms with van der Waals surface area (Å²) in [6.07, 6.45) is 1.45. The van der Waals surface area contributed by atoms with Crippen LogP contribution in [0.15, 0.2) is 22.8 Å². The zero-order valence-corrected chi connectivity index (χ0v) is 7.72. The smallest absolute Gasteiger partial charge is 0.255 e. The van der Waals surface area contributed by atoms with Crippen molar-refractivity contribution in [2.75, 3.05) is 14.1 Å². The summed E-state index contributed by atoms with van der Waals surface area (Å²) < 4.78 is 4.90. The normalized spacial score (nSPS) is 9.50. The van der Waals surface area contributed by atoms with Crippen molar-refractivity contribution in [3.63, 3.8) is 0 Å². The highest BCUT2D eigenvalue weighted by atomic mass is 32.1. The quantitative estimate of drug-likeness (QED) is 0.512. The van der Waals surface area contributed by atoms with Gasteiger partial charge in [-0.3, -0.25) is 4.79 Å².